The minimum Gasteiger partial charge on any atom is -0.354 e. The lowest BCUT2D eigenvalue weighted by Crippen LogP contribution is -2.47. The van der Waals surface area contributed by atoms with Crippen LogP contribution in [0.1, 0.15) is 36.7 Å². The highest BCUT2D eigenvalue weighted by Crippen LogP contribution is 2.42. The highest BCUT2D eigenvalue weighted by atomic mass is 16.2. The van der Waals surface area contributed by atoms with Gasteiger partial charge in [0, 0.05) is 19.3 Å². The fourth-order valence-corrected chi connectivity index (χ4v) is 3.50. The van der Waals surface area contributed by atoms with Crippen LogP contribution >= 0.6 is 0 Å². The molecule has 136 valence electrons. The Morgan fingerprint density at radius 3 is 2.60 bits per heavy atom. The predicted octanol–water partition coefficient (Wildman–Crippen LogP) is 0.416. The molecule has 2 aliphatic rings. The van der Waals surface area contributed by atoms with Gasteiger partial charge in [0.1, 0.15) is 12.1 Å². The minimum atomic E-state index is -0.846. The van der Waals surface area contributed by atoms with Crippen LogP contribution in [0.2, 0.25) is 0 Å². The zero-order valence-electron chi connectivity index (χ0n) is 15.2. The number of nitrogens with one attached hydrogen (secondary N) is 2. The molecule has 8 nitrogen and oxygen atoms in total. The SMILES string of the molecule is Cc1nn(C)c(C)c1CCNC(=O)CN1C(=O)N[C@@](C)(C2CC2)C1=O. The molecule has 0 bridgehead atoms. The fourth-order valence-electron chi connectivity index (χ4n) is 3.50. The van der Waals surface area contributed by atoms with E-state index in [0.29, 0.717) is 13.0 Å². The molecule has 1 atom stereocenters. The lowest BCUT2D eigenvalue weighted by Gasteiger charge is -2.20. The number of carbonyl (C=O) groups excluding carboxylic acids is 3. The molecular formula is C17H25N5O3. The molecule has 1 aliphatic carbocycles. The number of hydrogen-bond donors (Lipinski definition) is 2. The second-order valence-corrected chi connectivity index (χ2v) is 7.17. The van der Waals surface area contributed by atoms with Crippen LogP contribution in [-0.2, 0) is 23.1 Å². The van der Waals surface area contributed by atoms with Crippen molar-refractivity contribution in [3.05, 3.63) is 17.0 Å². The summed E-state index contributed by atoms with van der Waals surface area (Å²) in [5.41, 5.74) is 2.28. The molecule has 8 heteroatoms. The molecule has 3 rings (SSSR count). The summed E-state index contributed by atoms with van der Waals surface area (Å²) in [5.74, 6) is -0.439. The molecule has 2 fully saturated rings. The molecule has 4 amide bonds. The summed E-state index contributed by atoms with van der Waals surface area (Å²) < 4.78 is 1.82. The first kappa shape index (κ1) is 17.4. The molecule has 25 heavy (non-hydrogen) atoms. The van der Waals surface area contributed by atoms with Gasteiger partial charge in [-0.05, 0) is 51.5 Å². The van der Waals surface area contributed by atoms with Crippen molar-refractivity contribution in [1.29, 1.82) is 0 Å². The molecule has 1 aromatic rings. The van der Waals surface area contributed by atoms with Crippen molar-refractivity contribution in [3.8, 4) is 0 Å². The summed E-state index contributed by atoms with van der Waals surface area (Å²) >= 11 is 0. The van der Waals surface area contributed by atoms with Crippen LogP contribution in [0.3, 0.4) is 0 Å². The Labute approximate surface area is 146 Å². The molecule has 1 saturated carbocycles. The first-order valence-corrected chi connectivity index (χ1v) is 8.64. The molecule has 2 heterocycles. The number of imide groups is 1. The fraction of sp³-hybridized carbons (Fsp3) is 0.647. The number of aromatic nitrogens is 2. The van der Waals surface area contributed by atoms with E-state index in [-0.39, 0.29) is 24.3 Å². The van der Waals surface area contributed by atoms with Gasteiger partial charge in [-0.3, -0.25) is 19.2 Å². The summed E-state index contributed by atoms with van der Waals surface area (Å²) in [4.78, 5) is 37.7. The first-order chi connectivity index (χ1) is 11.7. The molecule has 0 unspecified atom stereocenters. The number of aryl methyl sites for hydroxylation is 2. The second kappa shape index (κ2) is 6.16. The Bertz CT molecular complexity index is 737. The van der Waals surface area contributed by atoms with Gasteiger partial charge in [0.25, 0.3) is 5.91 Å². The maximum atomic E-state index is 12.5. The van der Waals surface area contributed by atoms with Crippen LogP contribution in [0.4, 0.5) is 4.79 Å². The standard InChI is InChI=1S/C17H25N5O3/c1-10-13(11(2)21(4)20-10)7-8-18-14(23)9-22-15(24)17(3,12-5-6-12)19-16(22)25/h12H,5-9H2,1-4H3,(H,18,23)(H,19,25)/t17-/m0/s1. The van der Waals surface area contributed by atoms with Crippen molar-refractivity contribution in [2.45, 2.75) is 45.6 Å². The highest BCUT2D eigenvalue weighted by Gasteiger charge is 2.56. The Balaban J connectivity index is 1.53. The number of nitrogens with zero attached hydrogens (tertiary/aromatic N) is 3. The van der Waals surface area contributed by atoms with Crippen molar-refractivity contribution in [3.63, 3.8) is 0 Å². The third-order valence-electron chi connectivity index (χ3n) is 5.35. The van der Waals surface area contributed by atoms with E-state index in [4.69, 9.17) is 0 Å². The lowest BCUT2D eigenvalue weighted by atomic mass is 9.96. The Morgan fingerprint density at radius 1 is 1.36 bits per heavy atom. The maximum Gasteiger partial charge on any atom is 0.325 e. The zero-order valence-corrected chi connectivity index (χ0v) is 15.2. The van der Waals surface area contributed by atoms with Crippen LogP contribution in [0.5, 0.6) is 0 Å². The topological polar surface area (TPSA) is 96.3 Å². The van der Waals surface area contributed by atoms with Gasteiger partial charge in [-0.15, -0.1) is 0 Å². The number of rotatable bonds is 6. The Kier molecular flexibility index (Phi) is 4.30. The summed E-state index contributed by atoms with van der Waals surface area (Å²) in [6.45, 7) is 5.88. The first-order valence-electron chi connectivity index (χ1n) is 8.64. The quantitative estimate of drug-likeness (QED) is 0.729. The van der Waals surface area contributed by atoms with Crippen LogP contribution in [-0.4, -0.2) is 51.2 Å². The molecule has 0 aromatic carbocycles. The molecule has 0 radical (unpaired) electrons. The predicted molar refractivity (Wildman–Crippen MR) is 90.8 cm³/mol. The van der Waals surface area contributed by atoms with Gasteiger partial charge in [0.05, 0.1) is 5.69 Å². The summed E-state index contributed by atoms with van der Waals surface area (Å²) in [5, 5.41) is 9.88. The number of amides is 4. The zero-order chi connectivity index (χ0) is 18.4. The van der Waals surface area contributed by atoms with Crippen molar-refractivity contribution < 1.29 is 14.4 Å². The van der Waals surface area contributed by atoms with E-state index in [1.807, 2.05) is 25.6 Å². The van der Waals surface area contributed by atoms with Gasteiger partial charge in [0.15, 0.2) is 0 Å². The van der Waals surface area contributed by atoms with Gasteiger partial charge >= 0.3 is 6.03 Å². The van der Waals surface area contributed by atoms with E-state index in [1.54, 1.807) is 6.92 Å². The molecule has 1 saturated heterocycles. The molecule has 0 spiro atoms. The Morgan fingerprint density at radius 2 is 2.04 bits per heavy atom. The Hall–Kier alpha value is -2.38. The summed E-state index contributed by atoms with van der Waals surface area (Å²) in [6.07, 6.45) is 2.54. The van der Waals surface area contributed by atoms with Gasteiger partial charge in [0.2, 0.25) is 5.91 Å². The third kappa shape index (κ3) is 3.12. The van der Waals surface area contributed by atoms with Gasteiger partial charge < -0.3 is 10.6 Å². The van der Waals surface area contributed by atoms with E-state index in [1.165, 1.54) is 0 Å². The highest BCUT2D eigenvalue weighted by molar-refractivity contribution is 6.09. The number of hydrogen-bond acceptors (Lipinski definition) is 4. The third-order valence-corrected chi connectivity index (χ3v) is 5.35. The normalized spacial score (nSPS) is 23.1. The van der Waals surface area contributed by atoms with Gasteiger partial charge in [-0.1, -0.05) is 0 Å². The van der Waals surface area contributed by atoms with Crippen molar-refractivity contribution in [1.82, 2.24) is 25.3 Å². The molecule has 1 aliphatic heterocycles. The maximum absolute atomic E-state index is 12.5. The monoisotopic (exact) mass is 347 g/mol. The smallest absolute Gasteiger partial charge is 0.325 e. The number of urea groups is 1. The molecule has 1 aromatic heterocycles. The van der Waals surface area contributed by atoms with E-state index in [9.17, 15) is 14.4 Å². The van der Waals surface area contributed by atoms with Gasteiger partial charge in [-0.25, -0.2) is 4.79 Å². The van der Waals surface area contributed by atoms with Crippen LogP contribution in [0.15, 0.2) is 0 Å². The van der Waals surface area contributed by atoms with E-state index in [2.05, 4.69) is 15.7 Å². The minimum absolute atomic E-state index is 0.188. The number of carbonyl (C=O) groups is 3. The molecule has 2 N–H and O–H groups in total. The molecular weight excluding hydrogens is 322 g/mol. The lowest BCUT2D eigenvalue weighted by molar-refractivity contribution is -0.135. The second-order valence-electron chi connectivity index (χ2n) is 7.17. The average molecular weight is 347 g/mol. The summed E-state index contributed by atoms with van der Waals surface area (Å²) in [6, 6.07) is -0.478. The van der Waals surface area contributed by atoms with E-state index < -0.39 is 11.6 Å². The van der Waals surface area contributed by atoms with Crippen molar-refractivity contribution in [2.24, 2.45) is 13.0 Å². The van der Waals surface area contributed by atoms with Crippen LogP contribution in [0, 0.1) is 19.8 Å². The van der Waals surface area contributed by atoms with Crippen LogP contribution in [0.25, 0.3) is 0 Å². The average Bonchev–Trinajstić information content (AvgIpc) is 3.33. The van der Waals surface area contributed by atoms with Crippen molar-refractivity contribution in [2.75, 3.05) is 13.1 Å². The van der Waals surface area contributed by atoms with E-state index >= 15 is 0 Å². The van der Waals surface area contributed by atoms with Crippen molar-refractivity contribution >= 4 is 17.8 Å². The largest absolute Gasteiger partial charge is 0.354 e. The van der Waals surface area contributed by atoms with E-state index in [0.717, 1.165) is 34.7 Å². The van der Waals surface area contributed by atoms with Crippen LogP contribution < -0.4 is 10.6 Å². The van der Waals surface area contributed by atoms with Gasteiger partial charge in [-0.2, -0.15) is 5.10 Å². The summed E-state index contributed by atoms with van der Waals surface area (Å²) in [7, 11) is 1.89.